The number of hydrogen-bond acceptors (Lipinski definition) is 4. The molecule has 1 N–H and O–H groups in total. The standard InChI is InChI=1S/C18H23NO3.ClH/c1-21-14-4-3-12-9-16-18(22-2)6-5-13(20)11-17(18,7-8-19-16)15(12)10-14;/h3-4,10,16,19H,5-9,11H2,1-2H3;1H/t16-,17-,18?;/m1./s1. The number of nitrogens with one attached hydrogen (secondary N) is 1. The molecule has 1 aromatic rings. The molecule has 1 saturated heterocycles. The van der Waals surface area contributed by atoms with E-state index in [1.807, 2.05) is 13.2 Å². The summed E-state index contributed by atoms with van der Waals surface area (Å²) in [5.41, 5.74) is 2.15. The van der Waals surface area contributed by atoms with Crippen LogP contribution in [0.1, 0.15) is 36.8 Å². The minimum absolute atomic E-state index is 0. The van der Waals surface area contributed by atoms with Crippen molar-refractivity contribution >= 4 is 18.2 Å². The lowest BCUT2D eigenvalue weighted by Crippen LogP contribution is -2.73. The average Bonchev–Trinajstić information content (AvgIpc) is 2.54. The van der Waals surface area contributed by atoms with Gasteiger partial charge in [0.25, 0.3) is 0 Å². The quantitative estimate of drug-likeness (QED) is 0.900. The van der Waals surface area contributed by atoms with E-state index in [0.717, 1.165) is 31.6 Å². The highest BCUT2D eigenvalue weighted by Gasteiger charge is 2.64. The van der Waals surface area contributed by atoms with E-state index in [2.05, 4.69) is 17.4 Å². The highest BCUT2D eigenvalue weighted by molar-refractivity contribution is 5.85. The number of halogens is 1. The van der Waals surface area contributed by atoms with Crippen LogP contribution in [0.3, 0.4) is 0 Å². The maximum absolute atomic E-state index is 12.3. The van der Waals surface area contributed by atoms with E-state index in [1.165, 1.54) is 11.1 Å². The molecule has 0 spiro atoms. The number of rotatable bonds is 2. The first-order valence-corrected chi connectivity index (χ1v) is 8.13. The van der Waals surface area contributed by atoms with Crippen molar-refractivity contribution in [2.24, 2.45) is 0 Å². The Bertz CT molecular complexity index is 635. The Kier molecular flexibility index (Phi) is 4.20. The second-order valence-electron chi connectivity index (χ2n) is 6.88. The topological polar surface area (TPSA) is 47.6 Å². The molecule has 1 aromatic carbocycles. The smallest absolute Gasteiger partial charge is 0.134 e. The van der Waals surface area contributed by atoms with E-state index in [4.69, 9.17) is 9.47 Å². The summed E-state index contributed by atoms with van der Waals surface area (Å²) in [5.74, 6) is 1.23. The molecule has 2 bridgehead atoms. The highest BCUT2D eigenvalue weighted by Crippen LogP contribution is 2.57. The molecule has 23 heavy (non-hydrogen) atoms. The summed E-state index contributed by atoms with van der Waals surface area (Å²) in [5, 5.41) is 3.65. The summed E-state index contributed by atoms with van der Waals surface area (Å²) in [6, 6.07) is 6.62. The number of Topliss-reactive ketones (excluding diaryl/α,β-unsaturated/α-hetero) is 1. The minimum atomic E-state index is -0.265. The molecule has 1 saturated carbocycles. The summed E-state index contributed by atoms with van der Waals surface area (Å²) < 4.78 is 11.6. The van der Waals surface area contributed by atoms with Gasteiger partial charge in [-0.15, -0.1) is 12.4 Å². The van der Waals surface area contributed by atoms with Gasteiger partial charge in [-0.3, -0.25) is 4.79 Å². The fourth-order valence-electron chi connectivity index (χ4n) is 5.23. The summed E-state index contributed by atoms with van der Waals surface area (Å²) in [6.07, 6.45) is 3.95. The molecule has 3 aliphatic rings. The number of fused-ring (bicyclic) bond motifs is 1. The van der Waals surface area contributed by atoms with E-state index in [1.54, 1.807) is 7.11 Å². The first kappa shape index (κ1) is 16.7. The number of benzene rings is 1. The van der Waals surface area contributed by atoms with E-state index >= 15 is 0 Å². The van der Waals surface area contributed by atoms with Gasteiger partial charge in [-0.2, -0.15) is 0 Å². The molecule has 4 rings (SSSR count). The maximum atomic E-state index is 12.3. The van der Waals surface area contributed by atoms with Crippen LogP contribution >= 0.6 is 12.4 Å². The van der Waals surface area contributed by atoms with Crippen LogP contribution in [0.4, 0.5) is 0 Å². The molecule has 0 aromatic heterocycles. The van der Waals surface area contributed by atoms with E-state index in [9.17, 15) is 4.79 Å². The van der Waals surface area contributed by atoms with Crippen LogP contribution in [0.15, 0.2) is 18.2 Å². The van der Waals surface area contributed by atoms with Crippen molar-refractivity contribution in [1.82, 2.24) is 5.32 Å². The monoisotopic (exact) mass is 337 g/mol. The van der Waals surface area contributed by atoms with Gasteiger partial charge in [0.2, 0.25) is 0 Å². The Hall–Kier alpha value is -1.10. The van der Waals surface area contributed by atoms with Crippen LogP contribution in [-0.4, -0.2) is 38.2 Å². The normalized spacial score (nSPS) is 34.9. The predicted octanol–water partition coefficient (Wildman–Crippen LogP) is 2.41. The van der Waals surface area contributed by atoms with Crippen molar-refractivity contribution in [3.8, 4) is 5.75 Å². The highest BCUT2D eigenvalue weighted by atomic mass is 35.5. The van der Waals surface area contributed by atoms with Crippen molar-refractivity contribution in [2.45, 2.75) is 49.2 Å². The molecule has 2 aliphatic carbocycles. The van der Waals surface area contributed by atoms with E-state index < -0.39 is 0 Å². The lowest BCUT2D eigenvalue weighted by atomic mass is 9.49. The minimum Gasteiger partial charge on any atom is -0.497 e. The SMILES string of the molecule is COc1ccc2c(c1)[C@]13CCN[C@H](C2)C1(OC)CCC(=O)C3.Cl. The number of hydrogen-bond donors (Lipinski definition) is 1. The Labute approximate surface area is 143 Å². The lowest BCUT2D eigenvalue weighted by Gasteiger charge is -2.62. The fraction of sp³-hybridized carbons (Fsp3) is 0.611. The fourth-order valence-corrected chi connectivity index (χ4v) is 5.23. The van der Waals surface area contributed by atoms with Crippen LogP contribution in [0.25, 0.3) is 0 Å². The number of ether oxygens (including phenoxy) is 2. The van der Waals surface area contributed by atoms with Crippen molar-refractivity contribution in [1.29, 1.82) is 0 Å². The zero-order valence-electron chi connectivity index (χ0n) is 13.7. The summed E-state index contributed by atoms with van der Waals surface area (Å²) in [4.78, 5) is 12.3. The van der Waals surface area contributed by atoms with Crippen LogP contribution in [0.2, 0.25) is 0 Å². The summed E-state index contributed by atoms with van der Waals surface area (Å²) in [7, 11) is 3.51. The molecular formula is C18H24ClNO3. The van der Waals surface area contributed by atoms with Crippen molar-refractivity contribution < 1.29 is 14.3 Å². The largest absolute Gasteiger partial charge is 0.497 e. The number of carbonyl (C=O) groups is 1. The Morgan fingerprint density at radius 3 is 2.83 bits per heavy atom. The van der Waals surface area contributed by atoms with Gasteiger partial charge in [0.05, 0.1) is 12.7 Å². The first-order chi connectivity index (χ1) is 10.6. The molecule has 5 heteroatoms. The predicted molar refractivity (Wildman–Crippen MR) is 90.6 cm³/mol. The van der Waals surface area contributed by atoms with E-state index in [-0.39, 0.29) is 23.4 Å². The molecule has 1 aliphatic heterocycles. The maximum Gasteiger partial charge on any atom is 0.134 e. The molecule has 2 fully saturated rings. The Morgan fingerprint density at radius 1 is 1.26 bits per heavy atom. The molecule has 3 atom stereocenters. The van der Waals surface area contributed by atoms with Gasteiger partial charge in [0, 0.05) is 31.4 Å². The number of carbonyl (C=O) groups excluding carboxylic acids is 1. The van der Waals surface area contributed by atoms with Crippen LogP contribution in [-0.2, 0) is 21.4 Å². The van der Waals surface area contributed by atoms with Gasteiger partial charge >= 0.3 is 0 Å². The average molecular weight is 338 g/mol. The van der Waals surface area contributed by atoms with Crippen molar-refractivity contribution in [2.75, 3.05) is 20.8 Å². The number of methoxy groups -OCH3 is 2. The van der Waals surface area contributed by atoms with Gasteiger partial charge in [0.1, 0.15) is 11.5 Å². The van der Waals surface area contributed by atoms with Gasteiger partial charge in [0.15, 0.2) is 0 Å². The second kappa shape index (κ2) is 5.76. The van der Waals surface area contributed by atoms with Crippen LogP contribution < -0.4 is 10.1 Å². The number of ketones is 1. The zero-order chi connectivity index (χ0) is 15.4. The zero-order valence-corrected chi connectivity index (χ0v) is 14.5. The van der Waals surface area contributed by atoms with Gasteiger partial charge in [-0.25, -0.2) is 0 Å². The molecule has 0 amide bonds. The van der Waals surface area contributed by atoms with Crippen LogP contribution in [0, 0.1) is 0 Å². The molecule has 1 unspecified atom stereocenters. The second-order valence-corrected chi connectivity index (χ2v) is 6.88. The summed E-state index contributed by atoms with van der Waals surface area (Å²) >= 11 is 0. The van der Waals surface area contributed by atoms with Crippen LogP contribution in [0.5, 0.6) is 5.75 Å². The third-order valence-electron chi connectivity index (χ3n) is 6.21. The molecule has 126 valence electrons. The Morgan fingerprint density at radius 2 is 2.09 bits per heavy atom. The third-order valence-corrected chi connectivity index (χ3v) is 6.21. The van der Waals surface area contributed by atoms with Gasteiger partial charge in [-0.05, 0) is 49.1 Å². The molecule has 4 nitrogen and oxygen atoms in total. The lowest BCUT2D eigenvalue weighted by molar-refractivity contribution is -0.161. The Balaban J connectivity index is 0.00000156. The first-order valence-electron chi connectivity index (χ1n) is 8.13. The molecule has 1 heterocycles. The van der Waals surface area contributed by atoms with Crippen molar-refractivity contribution in [3.63, 3.8) is 0 Å². The van der Waals surface area contributed by atoms with Gasteiger partial charge in [-0.1, -0.05) is 6.07 Å². The van der Waals surface area contributed by atoms with E-state index in [0.29, 0.717) is 24.7 Å². The van der Waals surface area contributed by atoms with Gasteiger partial charge < -0.3 is 14.8 Å². The summed E-state index contributed by atoms with van der Waals surface area (Å²) in [6.45, 7) is 0.944. The number of piperidine rings is 1. The molecule has 0 radical (unpaired) electrons. The molecular weight excluding hydrogens is 314 g/mol. The van der Waals surface area contributed by atoms with Crippen molar-refractivity contribution in [3.05, 3.63) is 29.3 Å². The third kappa shape index (κ3) is 2.08.